The van der Waals surface area contributed by atoms with E-state index in [4.69, 9.17) is 11.6 Å². The summed E-state index contributed by atoms with van der Waals surface area (Å²) in [5.74, 6) is -0.0143. The molecular formula is C17H15ClF2IN3O4. The minimum Gasteiger partial charge on any atom is -0.420 e. The van der Waals surface area contributed by atoms with Crippen LogP contribution in [0.2, 0.25) is 0 Å². The van der Waals surface area contributed by atoms with Crippen LogP contribution < -0.4 is 15.0 Å². The fourth-order valence-corrected chi connectivity index (χ4v) is 3.58. The Balaban J connectivity index is 1.67. The Kier molecular flexibility index (Phi) is 6.22. The molecule has 2 aromatic rings. The lowest BCUT2D eigenvalue weighted by atomic mass is 10.2. The maximum Gasteiger partial charge on any atom is 0.487 e. The molecule has 150 valence electrons. The van der Waals surface area contributed by atoms with Gasteiger partial charge < -0.3 is 25.2 Å². The molecule has 3 rings (SSSR count). The number of pyridine rings is 1. The first-order chi connectivity index (χ1) is 13.1. The average Bonchev–Trinajstić information content (AvgIpc) is 2.94. The molecule has 1 aliphatic rings. The van der Waals surface area contributed by atoms with E-state index in [2.05, 4.69) is 15.0 Å². The molecule has 1 aliphatic heterocycles. The second-order valence-electron chi connectivity index (χ2n) is 6.10. The van der Waals surface area contributed by atoms with Crippen LogP contribution in [-0.4, -0.2) is 52.0 Å². The monoisotopic (exact) mass is 525 g/mol. The summed E-state index contributed by atoms with van der Waals surface area (Å²) in [5, 5.41) is 22.0. The van der Waals surface area contributed by atoms with E-state index in [0.29, 0.717) is 20.6 Å². The lowest BCUT2D eigenvalue weighted by Gasteiger charge is -2.18. The molecule has 1 aromatic carbocycles. The van der Waals surface area contributed by atoms with Crippen LogP contribution in [0.5, 0.6) is 5.75 Å². The van der Waals surface area contributed by atoms with Gasteiger partial charge in [-0.05, 0) is 52.9 Å². The lowest BCUT2D eigenvalue weighted by Crippen LogP contribution is -2.24. The molecule has 1 saturated heterocycles. The number of nitrogens with one attached hydrogen (secondary N) is 1. The van der Waals surface area contributed by atoms with Gasteiger partial charge in [0, 0.05) is 36.6 Å². The summed E-state index contributed by atoms with van der Waals surface area (Å²) >= 11 is 6.72. The van der Waals surface area contributed by atoms with Crippen molar-refractivity contribution in [2.45, 2.75) is 17.8 Å². The summed E-state index contributed by atoms with van der Waals surface area (Å²) in [6.07, 6.45) is -0.298. The van der Waals surface area contributed by atoms with Crippen molar-refractivity contribution < 1.29 is 28.5 Å². The van der Waals surface area contributed by atoms with Crippen molar-refractivity contribution in [1.29, 1.82) is 0 Å². The number of amides is 1. The van der Waals surface area contributed by atoms with Crippen molar-refractivity contribution in [3.05, 3.63) is 45.7 Å². The number of aliphatic hydroxyl groups is 2. The number of anilines is 2. The fourth-order valence-electron chi connectivity index (χ4n) is 2.67. The van der Waals surface area contributed by atoms with E-state index in [1.807, 2.05) is 22.6 Å². The largest absolute Gasteiger partial charge is 0.487 e. The maximum atomic E-state index is 12.6. The number of halogens is 4. The number of aromatic nitrogens is 1. The maximum absolute atomic E-state index is 12.6. The Hall–Kier alpha value is -1.76. The number of nitrogens with zero attached hydrogens (tertiary/aromatic N) is 2. The number of hydrogen-bond acceptors (Lipinski definition) is 6. The van der Waals surface area contributed by atoms with Crippen molar-refractivity contribution in [3.63, 3.8) is 0 Å². The van der Waals surface area contributed by atoms with Crippen molar-refractivity contribution >= 4 is 51.6 Å². The van der Waals surface area contributed by atoms with E-state index in [-0.39, 0.29) is 18.8 Å². The number of ether oxygens (including phenoxy) is 1. The molecule has 0 unspecified atom stereocenters. The summed E-state index contributed by atoms with van der Waals surface area (Å²) in [6.45, 7) is 0.511. The Labute approximate surface area is 177 Å². The van der Waals surface area contributed by atoms with Crippen LogP contribution in [-0.2, 0) is 0 Å². The van der Waals surface area contributed by atoms with Gasteiger partial charge in [0.2, 0.25) is 0 Å². The summed E-state index contributed by atoms with van der Waals surface area (Å²) in [7, 11) is 0. The third-order valence-corrected chi connectivity index (χ3v) is 4.86. The van der Waals surface area contributed by atoms with Crippen molar-refractivity contribution in [2.24, 2.45) is 0 Å². The molecule has 28 heavy (non-hydrogen) atoms. The number of carbonyl (C=O) groups excluding carboxylic acids is 1. The SMILES string of the molecule is O=C(Nc1ccc(OC(F)(F)Cl)cc1)c1cnc(N2C[C@@H](O)[C@H](O)C2)c(I)c1. The van der Waals surface area contributed by atoms with E-state index >= 15 is 0 Å². The minimum atomic E-state index is -3.81. The van der Waals surface area contributed by atoms with Crippen LogP contribution in [0.15, 0.2) is 36.5 Å². The van der Waals surface area contributed by atoms with Crippen LogP contribution >= 0.6 is 34.2 Å². The molecule has 1 fully saturated rings. The molecule has 0 radical (unpaired) electrons. The molecule has 11 heteroatoms. The molecule has 1 aromatic heterocycles. The van der Waals surface area contributed by atoms with E-state index in [1.165, 1.54) is 30.5 Å². The summed E-state index contributed by atoms with van der Waals surface area (Å²) in [4.78, 5) is 18.4. The van der Waals surface area contributed by atoms with Crippen LogP contribution in [0.4, 0.5) is 20.3 Å². The first kappa shape index (κ1) is 21.0. The average molecular weight is 526 g/mol. The van der Waals surface area contributed by atoms with Crippen LogP contribution in [0.25, 0.3) is 0 Å². The summed E-state index contributed by atoms with van der Waals surface area (Å²) in [5.41, 5.74) is -3.14. The number of hydrogen-bond donors (Lipinski definition) is 3. The molecule has 0 aliphatic carbocycles. The first-order valence-corrected chi connectivity index (χ1v) is 9.52. The van der Waals surface area contributed by atoms with Crippen molar-refractivity contribution in [3.8, 4) is 5.75 Å². The molecule has 7 nitrogen and oxygen atoms in total. The van der Waals surface area contributed by atoms with Gasteiger partial charge in [-0.1, -0.05) is 0 Å². The molecule has 2 atom stereocenters. The van der Waals surface area contributed by atoms with Gasteiger partial charge in [0.1, 0.15) is 11.6 Å². The zero-order valence-electron chi connectivity index (χ0n) is 14.2. The van der Waals surface area contributed by atoms with Crippen molar-refractivity contribution in [2.75, 3.05) is 23.3 Å². The smallest absolute Gasteiger partial charge is 0.420 e. The van der Waals surface area contributed by atoms with Gasteiger partial charge in [0.25, 0.3) is 5.91 Å². The van der Waals surface area contributed by atoms with Gasteiger partial charge in [-0.3, -0.25) is 4.79 Å². The number of benzene rings is 1. The Morgan fingerprint density at radius 3 is 2.43 bits per heavy atom. The minimum absolute atomic E-state index is 0.145. The van der Waals surface area contributed by atoms with E-state index in [1.54, 1.807) is 11.0 Å². The second-order valence-corrected chi connectivity index (χ2v) is 7.70. The quantitative estimate of drug-likeness (QED) is 0.411. The first-order valence-electron chi connectivity index (χ1n) is 8.06. The zero-order chi connectivity index (χ0) is 20.5. The number of β-amino-alcohol motifs (C(OH)–C–C–N with tert-alkyl or cyclic N) is 2. The predicted octanol–water partition coefficient (Wildman–Crippen LogP) is 2.65. The van der Waals surface area contributed by atoms with Crippen LogP contribution in [0.1, 0.15) is 10.4 Å². The van der Waals surface area contributed by atoms with E-state index in [9.17, 15) is 23.8 Å². The van der Waals surface area contributed by atoms with Gasteiger partial charge in [-0.15, -0.1) is 8.78 Å². The Morgan fingerprint density at radius 2 is 1.89 bits per heavy atom. The van der Waals surface area contributed by atoms with Crippen LogP contribution in [0, 0.1) is 3.57 Å². The van der Waals surface area contributed by atoms with Gasteiger partial charge in [0.05, 0.1) is 21.3 Å². The highest BCUT2D eigenvalue weighted by molar-refractivity contribution is 14.1. The Morgan fingerprint density at radius 1 is 1.29 bits per heavy atom. The van der Waals surface area contributed by atoms with Gasteiger partial charge in [0.15, 0.2) is 0 Å². The normalized spacial score (nSPS) is 19.6. The lowest BCUT2D eigenvalue weighted by molar-refractivity contribution is -0.0964. The van der Waals surface area contributed by atoms with Crippen molar-refractivity contribution in [1.82, 2.24) is 4.98 Å². The molecular weight excluding hydrogens is 511 g/mol. The van der Waals surface area contributed by atoms with Crippen LogP contribution in [0.3, 0.4) is 0 Å². The highest BCUT2D eigenvalue weighted by atomic mass is 127. The molecule has 2 heterocycles. The predicted molar refractivity (Wildman–Crippen MR) is 107 cm³/mol. The highest BCUT2D eigenvalue weighted by Crippen LogP contribution is 2.27. The van der Waals surface area contributed by atoms with Gasteiger partial charge in [-0.2, -0.15) is 0 Å². The Bertz CT molecular complexity index is 856. The van der Waals surface area contributed by atoms with E-state index in [0.717, 1.165) is 0 Å². The highest BCUT2D eigenvalue weighted by Gasteiger charge is 2.31. The molecule has 0 spiro atoms. The van der Waals surface area contributed by atoms with Gasteiger partial charge in [-0.25, -0.2) is 4.98 Å². The third-order valence-electron chi connectivity index (χ3n) is 3.99. The summed E-state index contributed by atoms with van der Waals surface area (Å²) < 4.78 is 30.1. The second kappa shape index (κ2) is 8.31. The third kappa shape index (κ3) is 5.19. The van der Waals surface area contributed by atoms with E-state index < -0.39 is 23.7 Å². The molecule has 1 amide bonds. The zero-order valence-corrected chi connectivity index (χ0v) is 17.1. The molecule has 0 saturated carbocycles. The number of carbonyl (C=O) groups is 1. The van der Waals surface area contributed by atoms with Gasteiger partial charge >= 0.3 is 5.57 Å². The molecule has 3 N–H and O–H groups in total. The number of aliphatic hydroxyl groups excluding tert-OH is 2. The topological polar surface area (TPSA) is 94.9 Å². The summed E-state index contributed by atoms with van der Waals surface area (Å²) in [6, 6.07) is 6.92. The number of alkyl halides is 3. The standard InChI is InChI=1S/C17H15ClF2IN3O4/c18-17(19,20)28-11-3-1-10(2-4-11)23-16(27)9-5-12(21)15(22-6-9)24-7-13(25)14(26)8-24/h1-6,13-14,25-26H,7-8H2,(H,23,27)/t13-,14-/m1/s1. The fraction of sp³-hybridized carbons (Fsp3) is 0.294. The molecule has 0 bridgehead atoms. The number of rotatable bonds is 5.